The summed E-state index contributed by atoms with van der Waals surface area (Å²) in [5, 5.41) is 12.0. The van der Waals surface area contributed by atoms with Gasteiger partial charge in [0.25, 0.3) is 0 Å². The fourth-order valence-corrected chi connectivity index (χ4v) is 3.57. The second-order valence-corrected chi connectivity index (χ2v) is 6.17. The van der Waals surface area contributed by atoms with Crippen molar-refractivity contribution in [1.29, 1.82) is 0 Å². The summed E-state index contributed by atoms with van der Waals surface area (Å²) in [6.45, 7) is 2.85. The van der Waals surface area contributed by atoms with Gasteiger partial charge in [-0.3, -0.25) is 0 Å². The molecule has 0 spiro atoms. The lowest BCUT2D eigenvalue weighted by Crippen LogP contribution is -2.44. The Morgan fingerprint density at radius 1 is 1.52 bits per heavy atom. The van der Waals surface area contributed by atoms with Gasteiger partial charge in [0.05, 0.1) is 12.6 Å². The molecule has 1 aliphatic heterocycles. The average molecular weight is 312 g/mol. The Balaban J connectivity index is 2.09. The Labute approximate surface area is 128 Å². The maximum atomic E-state index is 13.4. The van der Waals surface area contributed by atoms with Gasteiger partial charge in [-0.2, -0.15) is 0 Å². The molecule has 0 aromatic heterocycles. The Hall–Kier alpha value is -1.27. The predicted octanol–water partition coefficient (Wildman–Crippen LogP) is 2.78. The summed E-state index contributed by atoms with van der Waals surface area (Å²) in [5.74, 6) is 0.619. The van der Waals surface area contributed by atoms with E-state index in [9.17, 15) is 9.18 Å². The molecular weight excluding hydrogens is 291 g/mol. The van der Waals surface area contributed by atoms with Crippen LogP contribution in [0.1, 0.15) is 31.4 Å². The van der Waals surface area contributed by atoms with E-state index in [2.05, 4.69) is 5.32 Å². The molecule has 0 aliphatic carbocycles. The fraction of sp³-hybridized carbons (Fsp3) is 0.533. The number of halogens is 1. The molecule has 2 amide bonds. The number of aliphatic hydroxyl groups excluding tert-OH is 1. The van der Waals surface area contributed by atoms with Crippen molar-refractivity contribution in [2.45, 2.75) is 30.7 Å². The molecule has 2 N–H and O–H groups in total. The number of aliphatic hydroxyl groups is 1. The second kappa shape index (κ2) is 7.66. The highest BCUT2D eigenvalue weighted by Gasteiger charge is 2.24. The van der Waals surface area contributed by atoms with Crippen molar-refractivity contribution >= 4 is 17.8 Å². The predicted molar refractivity (Wildman–Crippen MR) is 82.0 cm³/mol. The topological polar surface area (TPSA) is 52.6 Å². The highest BCUT2D eigenvalue weighted by Crippen LogP contribution is 2.36. The first-order valence-electron chi connectivity index (χ1n) is 7.24. The molecule has 1 aliphatic rings. The number of thioether (sulfide) groups is 1. The van der Waals surface area contributed by atoms with Gasteiger partial charge in [-0.05, 0) is 36.6 Å². The number of urea groups is 1. The number of benzene rings is 1. The molecule has 1 atom stereocenters. The zero-order chi connectivity index (χ0) is 15.2. The van der Waals surface area contributed by atoms with Crippen LogP contribution in [0, 0.1) is 5.82 Å². The van der Waals surface area contributed by atoms with Gasteiger partial charge in [0, 0.05) is 23.7 Å². The van der Waals surface area contributed by atoms with Gasteiger partial charge in [0.1, 0.15) is 5.82 Å². The molecule has 1 heterocycles. The van der Waals surface area contributed by atoms with Crippen molar-refractivity contribution in [2.24, 2.45) is 0 Å². The third kappa shape index (κ3) is 4.11. The van der Waals surface area contributed by atoms with E-state index in [-0.39, 0.29) is 24.5 Å². The number of carbonyl (C=O) groups is 1. The lowest BCUT2D eigenvalue weighted by molar-refractivity contribution is 0.173. The van der Waals surface area contributed by atoms with Crippen LogP contribution in [0.2, 0.25) is 0 Å². The van der Waals surface area contributed by atoms with E-state index in [1.165, 1.54) is 12.1 Å². The van der Waals surface area contributed by atoms with Gasteiger partial charge < -0.3 is 15.3 Å². The van der Waals surface area contributed by atoms with E-state index in [1.54, 1.807) is 22.7 Å². The lowest BCUT2D eigenvalue weighted by atomic mass is 10.0. The van der Waals surface area contributed by atoms with E-state index in [0.29, 0.717) is 13.1 Å². The number of hydrogen-bond acceptors (Lipinski definition) is 3. The third-order valence-electron chi connectivity index (χ3n) is 3.46. The Kier molecular flexibility index (Phi) is 5.87. The molecule has 0 saturated heterocycles. The fourth-order valence-electron chi connectivity index (χ4n) is 2.46. The molecule has 1 aromatic rings. The first-order valence-corrected chi connectivity index (χ1v) is 8.22. The van der Waals surface area contributed by atoms with Crippen molar-refractivity contribution < 1.29 is 14.3 Å². The molecular formula is C15H21FN2O2S. The van der Waals surface area contributed by atoms with Gasteiger partial charge in [-0.25, -0.2) is 9.18 Å². The number of amides is 2. The smallest absolute Gasteiger partial charge is 0.317 e. The van der Waals surface area contributed by atoms with Crippen LogP contribution in [-0.2, 0) is 0 Å². The van der Waals surface area contributed by atoms with Gasteiger partial charge in [0.15, 0.2) is 0 Å². The Morgan fingerprint density at radius 2 is 2.33 bits per heavy atom. The van der Waals surface area contributed by atoms with Crippen molar-refractivity contribution in [3.05, 3.63) is 29.6 Å². The number of fused-ring (bicyclic) bond motifs is 1. The monoisotopic (exact) mass is 312 g/mol. The summed E-state index contributed by atoms with van der Waals surface area (Å²) >= 11 is 1.69. The summed E-state index contributed by atoms with van der Waals surface area (Å²) in [5.41, 5.74) is 0.847. The van der Waals surface area contributed by atoms with E-state index in [0.717, 1.165) is 29.1 Å². The molecule has 2 rings (SSSR count). The van der Waals surface area contributed by atoms with Crippen LogP contribution in [0.15, 0.2) is 23.1 Å². The number of rotatable bonds is 5. The molecule has 0 saturated carbocycles. The van der Waals surface area contributed by atoms with E-state index in [1.807, 2.05) is 6.92 Å². The van der Waals surface area contributed by atoms with Crippen LogP contribution in [0.4, 0.5) is 9.18 Å². The minimum absolute atomic E-state index is 0.0564. The van der Waals surface area contributed by atoms with Gasteiger partial charge >= 0.3 is 6.03 Å². The summed E-state index contributed by atoms with van der Waals surface area (Å²) in [4.78, 5) is 14.9. The van der Waals surface area contributed by atoms with Gasteiger partial charge in [0.2, 0.25) is 0 Å². The maximum Gasteiger partial charge on any atom is 0.317 e. The summed E-state index contributed by atoms with van der Waals surface area (Å²) in [6.07, 6.45) is 1.62. The molecule has 6 heteroatoms. The van der Waals surface area contributed by atoms with Crippen LogP contribution in [0.5, 0.6) is 0 Å². The quantitative estimate of drug-likeness (QED) is 0.879. The van der Waals surface area contributed by atoms with Crippen LogP contribution in [0.3, 0.4) is 0 Å². The first-order chi connectivity index (χ1) is 10.2. The summed E-state index contributed by atoms with van der Waals surface area (Å²) in [6, 6.07) is 4.36. The number of nitrogens with one attached hydrogen (secondary N) is 1. The molecule has 116 valence electrons. The lowest BCUT2D eigenvalue weighted by Gasteiger charge is -2.29. The molecule has 21 heavy (non-hydrogen) atoms. The largest absolute Gasteiger partial charge is 0.395 e. The molecule has 0 radical (unpaired) electrons. The molecule has 0 bridgehead atoms. The van der Waals surface area contributed by atoms with Gasteiger partial charge in [-0.15, -0.1) is 11.8 Å². The van der Waals surface area contributed by atoms with Crippen LogP contribution in [0.25, 0.3) is 0 Å². The van der Waals surface area contributed by atoms with Crippen LogP contribution < -0.4 is 5.32 Å². The zero-order valence-corrected chi connectivity index (χ0v) is 13.0. The third-order valence-corrected chi connectivity index (χ3v) is 4.58. The molecule has 4 nitrogen and oxygen atoms in total. The minimum Gasteiger partial charge on any atom is -0.395 e. The number of carbonyl (C=O) groups excluding carboxylic acids is 1. The standard InChI is InChI=1S/C15H21FN2O2S/c1-2-6-18(7-8-19)15(20)17-13-5-9-21-14-4-3-11(16)10-12(13)14/h3-4,10,13,19H,2,5-9H2,1H3,(H,17,20). The number of hydrogen-bond donors (Lipinski definition) is 2. The Bertz CT molecular complexity index is 493. The number of nitrogens with zero attached hydrogens (tertiary/aromatic N) is 1. The Morgan fingerprint density at radius 3 is 3.05 bits per heavy atom. The van der Waals surface area contributed by atoms with Crippen LogP contribution in [-0.4, -0.2) is 41.5 Å². The molecule has 0 fully saturated rings. The highest BCUT2D eigenvalue weighted by atomic mass is 32.2. The zero-order valence-electron chi connectivity index (χ0n) is 12.1. The maximum absolute atomic E-state index is 13.4. The molecule has 1 unspecified atom stereocenters. The van der Waals surface area contributed by atoms with Crippen molar-refractivity contribution in [1.82, 2.24) is 10.2 Å². The average Bonchev–Trinajstić information content (AvgIpc) is 2.47. The van der Waals surface area contributed by atoms with Crippen molar-refractivity contribution in [3.8, 4) is 0 Å². The van der Waals surface area contributed by atoms with E-state index < -0.39 is 0 Å². The normalized spacial score (nSPS) is 17.2. The van der Waals surface area contributed by atoms with Gasteiger partial charge in [-0.1, -0.05) is 6.92 Å². The van der Waals surface area contributed by atoms with Crippen molar-refractivity contribution in [2.75, 3.05) is 25.4 Å². The van der Waals surface area contributed by atoms with E-state index >= 15 is 0 Å². The second-order valence-electron chi connectivity index (χ2n) is 5.03. The minimum atomic E-state index is -0.281. The SMILES string of the molecule is CCCN(CCO)C(=O)NC1CCSc2ccc(F)cc21. The first kappa shape index (κ1) is 16.1. The summed E-state index contributed by atoms with van der Waals surface area (Å²) < 4.78 is 13.4. The van der Waals surface area contributed by atoms with E-state index in [4.69, 9.17) is 5.11 Å². The van der Waals surface area contributed by atoms with Crippen molar-refractivity contribution in [3.63, 3.8) is 0 Å². The van der Waals surface area contributed by atoms with Crippen LogP contribution >= 0.6 is 11.8 Å². The highest BCUT2D eigenvalue weighted by molar-refractivity contribution is 7.99. The molecule has 1 aromatic carbocycles. The summed E-state index contributed by atoms with van der Waals surface area (Å²) in [7, 11) is 0.